The second-order valence-corrected chi connectivity index (χ2v) is 9.17. The fraction of sp³-hybridized carbons (Fsp3) is 0.364. The predicted octanol–water partition coefficient (Wildman–Crippen LogP) is 2.29. The number of ether oxygens (including phenoxy) is 1. The molecule has 1 N–H and O–H groups in total. The first-order chi connectivity index (χ1) is 14.8. The van der Waals surface area contributed by atoms with Crippen molar-refractivity contribution in [3.8, 4) is 5.75 Å². The van der Waals surface area contributed by atoms with Crippen LogP contribution in [0.25, 0.3) is 0 Å². The second-order valence-electron chi connectivity index (χ2n) is 7.27. The van der Waals surface area contributed by atoms with Gasteiger partial charge >= 0.3 is 0 Å². The first-order valence-electron chi connectivity index (χ1n) is 10.1. The number of sulfonamides is 1. The van der Waals surface area contributed by atoms with E-state index >= 15 is 0 Å². The number of carbonyl (C=O) groups is 2. The molecule has 2 aromatic rings. The highest BCUT2D eigenvalue weighted by Gasteiger charge is 2.24. The summed E-state index contributed by atoms with van der Waals surface area (Å²) in [6, 6.07) is 14.1. The van der Waals surface area contributed by atoms with Gasteiger partial charge in [0.05, 0.1) is 18.6 Å². The smallest absolute Gasteiger partial charge is 0.241 e. The third-order valence-corrected chi connectivity index (χ3v) is 6.03. The molecule has 0 aliphatic carbocycles. The van der Waals surface area contributed by atoms with Crippen molar-refractivity contribution in [3.63, 3.8) is 0 Å². The molecule has 1 heterocycles. The quantitative estimate of drug-likeness (QED) is 0.639. The van der Waals surface area contributed by atoms with Crippen molar-refractivity contribution >= 4 is 33.2 Å². The molecule has 166 valence electrons. The van der Waals surface area contributed by atoms with Crippen LogP contribution in [0.1, 0.15) is 25.3 Å². The molecule has 1 aliphatic rings. The topological polar surface area (TPSA) is 96.0 Å². The van der Waals surface area contributed by atoms with Crippen LogP contribution in [0.2, 0.25) is 0 Å². The zero-order chi connectivity index (χ0) is 22.4. The Morgan fingerprint density at radius 3 is 2.65 bits per heavy atom. The van der Waals surface area contributed by atoms with Crippen molar-refractivity contribution in [1.82, 2.24) is 5.32 Å². The van der Waals surface area contributed by atoms with Crippen molar-refractivity contribution in [2.24, 2.45) is 0 Å². The van der Waals surface area contributed by atoms with Gasteiger partial charge in [0, 0.05) is 25.2 Å². The summed E-state index contributed by atoms with van der Waals surface area (Å²) in [4.78, 5) is 26.3. The highest BCUT2D eigenvalue weighted by atomic mass is 32.2. The number of anilines is 2. The van der Waals surface area contributed by atoms with Gasteiger partial charge in [0.1, 0.15) is 12.3 Å². The van der Waals surface area contributed by atoms with E-state index in [2.05, 4.69) is 5.32 Å². The van der Waals surface area contributed by atoms with Crippen LogP contribution in [0.5, 0.6) is 5.75 Å². The molecule has 0 unspecified atom stereocenters. The van der Waals surface area contributed by atoms with E-state index in [1.54, 1.807) is 36.1 Å². The van der Waals surface area contributed by atoms with E-state index in [9.17, 15) is 18.0 Å². The highest BCUT2D eigenvalue weighted by molar-refractivity contribution is 7.92. The van der Waals surface area contributed by atoms with E-state index in [1.807, 2.05) is 24.3 Å². The highest BCUT2D eigenvalue weighted by Crippen LogP contribution is 2.29. The summed E-state index contributed by atoms with van der Waals surface area (Å²) in [7, 11) is -3.71. The van der Waals surface area contributed by atoms with Crippen molar-refractivity contribution < 1.29 is 22.7 Å². The molecular weight excluding hydrogens is 418 g/mol. The lowest BCUT2D eigenvalue weighted by Crippen LogP contribution is -2.40. The Morgan fingerprint density at radius 2 is 1.97 bits per heavy atom. The van der Waals surface area contributed by atoms with E-state index in [-0.39, 0.29) is 19.0 Å². The molecule has 3 rings (SSSR count). The van der Waals surface area contributed by atoms with E-state index in [4.69, 9.17) is 4.74 Å². The molecular formula is C22H27N3O5S. The van der Waals surface area contributed by atoms with Crippen LogP contribution in [0.15, 0.2) is 48.5 Å². The SMILES string of the molecule is CCOc1ccccc1N(CC(=O)NCc1cccc(N2CCCC2=O)c1)S(C)(=O)=O. The van der Waals surface area contributed by atoms with Gasteiger partial charge in [-0.15, -0.1) is 0 Å². The average Bonchev–Trinajstić information content (AvgIpc) is 3.17. The van der Waals surface area contributed by atoms with Crippen molar-refractivity contribution in [1.29, 1.82) is 0 Å². The lowest BCUT2D eigenvalue weighted by atomic mass is 10.2. The molecule has 2 aromatic carbocycles. The standard InChI is InChI=1S/C22H27N3O5S/c1-3-30-20-11-5-4-10-19(20)25(31(2,28)29)16-21(26)23-15-17-8-6-9-18(14-17)24-13-7-12-22(24)27/h4-6,8-11,14H,3,7,12-13,15-16H2,1-2H3,(H,23,26). The molecule has 8 nitrogen and oxygen atoms in total. The Bertz CT molecular complexity index is 1050. The summed E-state index contributed by atoms with van der Waals surface area (Å²) in [5, 5.41) is 2.76. The van der Waals surface area contributed by atoms with Gasteiger partial charge in [-0.2, -0.15) is 0 Å². The van der Waals surface area contributed by atoms with Gasteiger partial charge in [0.15, 0.2) is 0 Å². The number of rotatable bonds is 9. The fourth-order valence-corrected chi connectivity index (χ4v) is 4.32. The Kier molecular flexibility index (Phi) is 7.17. The summed E-state index contributed by atoms with van der Waals surface area (Å²) >= 11 is 0. The molecule has 1 aliphatic heterocycles. The maximum absolute atomic E-state index is 12.6. The molecule has 0 atom stereocenters. The molecule has 2 amide bonds. The number of carbonyl (C=O) groups excluding carboxylic acids is 2. The van der Waals surface area contributed by atoms with Gasteiger partial charge in [0.2, 0.25) is 21.8 Å². The average molecular weight is 446 g/mol. The Labute approximate surface area is 182 Å². The van der Waals surface area contributed by atoms with Gasteiger partial charge in [0.25, 0.3) is 0 Å². The first-order valence-corrected chi connectivity index (χ1v) is 12.0. The zero-order valence-corrected chi connectivity index (χ0v) is 18.5. The minimum absolute atomic E-state index is 0.0953. The number of para-hydroxylation sites is 2. The number of hydrogen-bond donors (Lipinski definition) is 1. The lowest BCUT2D eigenvalue weighted by Gasteiger charge is -2.24. The van der Waals surface area contributed by atoms with Gasteiger partial charge in [-0.3, -0.25) is 13.9 Å². The van der Waals surface area contributed by atoms with Crippen LogP contribution in [-0.2, 0) is 26.2 Å². The van der Waals surface area contributed by atoms with Crippen molar-refractivity contribution in [2.75, 3.05) is 35.2 Å². The minimum atomic E-state index is -3.71. The fourth-order valence-electron chi connectivity index (χ4n) is 3.46. The number of hydrogen-bond acceptors (Lipinski definition) is 5. The number of nitrogens with zero attached hydrogens (tertiary/aromatic N) is 2. The summed E-state index contributed by atoms with van der Waals surface area (Å²) in [6.45, 7) is 2.72. The molecule has 9 heteroatoms. The molecule has 0 saturated carbocycles. The Morgan fingerprint density at radius 1 is 1.19 bits per heavy atom. The number of amides is 2. The van der Waals surface area contributed by atoms with E-state index < -0.39 is 15.9 Å². The summed E-state index contributed by atoms with van der Waals surface area (Å²) < 4.78 is 31.3. The second kappa shape index (κ2) is 9.82. The van der Waals surface area contributed by atoms with Gasteiger partial charge in [-0.1, -0.05) is 24.3 Å². The lowest BCUT2D eigenvalue weighted by molar-refractivity contribution is -0.120. The minimum Gasteiger partial charge on any atom is -0.492 e. The predicted molar refractivity (Wildman–Crippen MR) is 120 cm³/mol. The normalized spacial score (nSPS) is 13.9. The largest absolute Gasteiger partial charge is 0.492 e. The third-order valence-electron chi connectivity index (χ3n) is 4.91. The van der Waals surface area contributed by atoms with Crippen LogP contribution >= 0.6 is 0 Å². The molecule has 0 spiro atoms. The van der Waals surface area contributed by atoms with Crippen LogP contribution in [0.4, 0.5) is 11.4 Å². The van der Waals surface area contributed by atoms with Crippen LogP contribution in [0, 0.1) is 0 Å². The van der Waals surface area contributed by atoms with E-state index in [0.29, 0.717) is 31.0 Å². The van der Waals surface area contributed by atoms with Crippen molar-refractivity contribution in [2.45, 2.75) is 26.3 Å². The Hall–Kier alpha value is -3.07. The molecule has 31 heavy (non-hydrogen) atoms. The maximum Gasteiger partial charge on any atom is 0.241 e. The summed E-state index contributed by atoms with van der Waals surface area (Å²) in [5.41, 5.74) is 1.94. The monoisotopic (exact) mass is 445 g/mol. The van der Waals surface area contributed by atoms with Crippen molar-refractivity contribution in [3.05, 3.63) is 54.1 Å². The molecule has 1 fully saturated rings. The van der Waals surface area contributed by atoms with Gasteiger partial charge in [-0.05, 0) is 43.2 Å². The van der Waals surface area contributed by atoms with E-state index in [1.165, 1.54) is 0 Å². The van der Waals surface area contributed by atoms with Crippen LogP contribution in [0.3, 0.4) is 0 Å². The Balaban J connectivity index is 1.69. The number of benzene rings is 2. The maximum atomic E-state index is 12.6. The zero-order valence-electron chi connectivity index (χ0n) is 17.7. The summed E-state index contributed by atoms with van der Waals surface area (Å²) in [6.07, 6.45) is 2.44. The molecule has 0 aromatic heterocycles. The molecule has 0 bridgehead atoms. The molecule has 0 radical (unpaired) electrons. The van der Waals surface area contributed by atoms with Crippen LogP contribution < -0.4 is 19.3 Å². The first kappa shape index (κ1) is 22.6. The van der Waals surface area contributed by atoms with E-state index in [0.717, 1.165) is 28.2 Å². The summed E-state index contributed by atoms with van der Waals surface area (Å²) in [5.74, 6) is 0.0449. The third kappa shape index (κ3) is 5.75. The van der Waals surface area contributed by atoms with Crippen LogP contribution in [-0.4, -0.2) is 46.2 Å². The number of nitrogens with one attached hydrogen (secondary N) is 1. The van der Waals surface area contributed by atoms with Gasteiger partial charge in [-0.25, -0.2) is 8.42 Å². The molecule has 1 saturated heterocycles. The van der Waals surface area contributed by atoms with Gasteiger partial charge < -0.3 is 15.0 Å².